The second kappa shape index (κ2) is 4.70. The molecule has 0 spiro atoms. The molecule has 0 saturated carbocycles. The first-order valence-electron chi connectivity index (χ1n) is 5.68. The summed E-state index contributed by atoms with van der Waals surface area (Å²) >= 11 is 1.36. The van der Waals surface area contributed by atoms with Crippen molar-refractivity contribution in [2.75, 3.05) is 26.7 Å². The molecule has 1 fully saturated rings. The monoisotopic (exact) mass is 268 g/mol. The predicted octanol–water partition coefficient (Wildman–Crippen LogP) is 0.413. The van der Waals surface area contributed by atoms with E-state index in [0.29, 0.717) is 18.0 Å². The topological polar surface area (TPSA) is 60.9 Å². The van der Waals surface area contributed by atoms with Crippen LogP contribution in [0.3, 0.4) is 0 Å². The van der Waals surface area contributed by atoms with E-state index in [2.05, 4.69) is 0 Å². The molecule has 0 bridgehead atoms. The number of hydrogen-bond donors (Lipinski definition) is 1. The summed E-state index contributed by atoms with van der Waals surface area (Å²) in [5.41, 5.74) is -0.772. The summed E-state index contributed by atoms with van der Waals surface area (Å²) in [6.07, 6.45) is 0. The van der Waals surface area contributed by atoms with Gasteiger partial charge >= 0.3 is 0 Å². The smallest absolute Gasteiger partial charge is 0.264 e. The van der Waals surface area contributed by atoms with E-state index >= 15 is 0 Å². The van der Waals surface area contributed by atoms with Crippen molar-refractivity contribution >= 4 is 23.2 Å². The number of aliphatic hydroxyl groups is 1. The lowest BCUT2D eigenvalue weighted by Gasteiger charge is -2.44. The fraction of sp³-hybridized carbons (Fsp3) is 0.500. The normalized spacial score (nSPS) is 17.2. The van der Waals surface area contributed by atoms with E-state index in [9.17, 15) is 14.7 Å². The third kappa shape index (κ3) is 2.70. The number of carbonyl (C=O) groups is 2. The highest BCUT2D eigenvalue weighted by atomic mass is 32.1. The molecule has 0 aromatic carbocycles. The lowest BCUT2D eigenvalue weighted by Crippen LogP contribution is -2.63. The molecule has 1 aromatic heterocycles. The number of amides is 2. The fourth-order valence-electron chi connectivity index (χ4n) is 1.92. The molecule has 0 unspecified atom stereocenters. The maximum Gasteiger partial charge on any atom is 0.264 e. The van der Waals surface area contributed by atoms with Crippen LogP contribution in [0.15, 0.2) is 17.5 Å². The highest BCUT2D eigenvalue weighted by Crippen LogP contribution is 2.20. The number of rotatable bonds is 3. The summed E-state index contributed by atoms with van der Waals surface area (Å²) in [5, 5.41) is 11.4. The highest BCUT2D eigenvalue weighted by molar-refractivity contribution is 7.12. The summed E-state index contributed by atoms with van der Waals surface area (Å²) in [6.45, 7) is 2.42. The van der Waals surface area contributed by atoms with E-state index in [1.54, 1.807) is 31.0 Å². The van der Waals surface area contributed by atoms with E-state index in [1.807, 2.05) is 5.38 Å². The van der Waals surface area contributed by atoms with Crippen LogP contribution in [-0.4, -0.2) is 59.0 Å². The molecule has 0 aliphatic carbocycles. The SMILES string of the molecule is CN(CC(=O)N1CC(C)(O)C1)C(=O)c1cccs1. The minimum Gasteiger partial charge on any atom is -0.386 e. The molecule has 2 heterocycles. The summed E-state index contributed by atoms with van der Waals surface area (Å²) in [5.74, 6) is -0.278. The molecule has 1 aromatic rings. The summed E-state index contributed by atoms with van der Waals surface area (Å²) in [6, 6.07) is 3.54. The first-order valence-corrected chi connectivity index (χ1v) is 6.56. The molecule has 0 atom stereocenters. The number of thiophene rings is 1. The van der Waals surface area contributed by atoms with Gasteiger partial charge in [0.05, 0.1) is 30.1 Å². The molecule has 1 aliphatic heterocycles. The Morgan fingerprint density at radius 3 is 2.72 bits per heavy atom. The molecule has 18 heavy (non-hydrogen) atoms. The number of likely N-dealkylation sites (tertiary alicyclic amines) is 1. The van der Waals surface area contributed by atoms with Crippen molar-refractivity contribution < 1.29 is 14.7 Å². The van der Waals surface area contributed by atoms with Gasteiger partial charge in [-0.15, -0.1) is 11.3 Å². The van der Waals surface area contributed by atoms with Gasteiger partial charge in [0.1, 0.15) is 0 Å². The van der Waals surface area contributed by atoms with Crippen LogP contribution < -0.4 is 0 Å². The van der Waals surface area contributed by atoms with E-state index in [4.69, 9.17) is 0 Å². The van der Waals surface area contributed by atoms with Crippen molar-refractivity contribution in [1.29, 1.82) is 0 Å². The number of nitrogens with zero attached hydrogens (tertiary/aromatic N) is 2. The van der Waals surface area contributed by atoms with Crippen molar-refractivity contribution in [2.45, 2.75) is 12.5 Å². The number of likely N-dealkylation sites (N-methyl/N-ethyl adjacent to an activating group) is 1. The van der Waals surface area contributed by atoms with Gasteiger partial charge in [-0.25, -0.2) is 0 Å². The predicted molar refractivity (Wildman–Crippen MR) is 68.5 cm³/mol. The van der Waals surface area contributed by atoms with Crippen LogP contribution in [0.1, 0.15) is 16.6 Å². The Morgan fingerprint density at radius 2 is 2.22 bits per heavy atom. The third-order valence-electron chi connectivity index (χ3n) is 2.87. The lowest BCUT2D eigenvalue weighted by molar-refractivity contribution is -0.152. The first-order chi connectivity index (χ1) is 8.39. The van der Waals surface area contributed by atoms with Gasteiger partial charge < -0.3 is 14.9 Å². The fourth-order valence-corrected chi connectivity index (χ4v) is 2.63. The Labute approximate surface area is 110 Å². The van der Waals surface area contributed by atoms with Crippen molar-refractivity contribution in [3.63, 3.8) is 0 Å². The third-order valence-corrected chi connectivity index (χ3v) is 3.72. The zero-order chi connectivity index (χ0) is 13.3. The average molecular weight is 268 g/mol. The maximum absolute atomic E-state index is 11.9. The molecule has 1 N–H and O–H groups in total. The zero-order valence-corrected chi connectivity index (χ0v) is 11.2. The second-order valence-electron chi connectivity index (χ2n) is 4.89. The highest BCUT2D eigenvalue weighted by Gasteiger charge is 2.39. The maximum atomic E-state index is 11.9. The van der Waals surface area contributed by atoms with E-state index < -0.39 is 5.60 Å². The summed E-state index contributed by atoms with van der Waals surface area (Å²) < 4.78 is 0. The van der Waals surface area contributed by atoms with Crippen LogP contribution in [0, 0.1) is 0 Å². The summed E-state index contributed by atoms with van der Waals surface area (Å²) in [4.78, 5) is 27.3. The summed E-state index contributed by atoms with van der Waals surface area (Å²) in [7, 11) is 1.61. The van der Waals surface area contributed by atoms with Crippen LogP contribution in [0.5, 0.6) is 0 Å². The Bertz CT molecular complexity index is 448. The Morgan fingerprint density at radius 1 is 1.56 bits per heavy atom. The van der Waals surface area contributed by atoms with Gasteiger partial charge in [-0.3, -0.25) is 9.59 Å². The molecule has 2 rings (SSSR count). The van der Waals surface area contributed by atoms with E-state index in [-0.39, 0.29) is 18.4 Å². The largest absolute Gasteiger partial charge is 0.386 e. The van der Waals surface area contributed by atoms with Crippen LogP contribution in [0.25, 0.3) is 0 Å². The van der Waals surface area contributed by atoms with Gasteiger partial charge in [0.25, 0.3) is 5.91 Å². The van der Waals surface area contributed by atoms with Crippen LogP contribution >= 0.6 is 11.3 Å². The van der Waals surface area contributed by atoms with Gasteiger partial charge in [-0.05, 0) is 18.4 Å². The minimum absolute atomic E-state index is 0.0484. The standard InChI is InChI=1S/C12H16N2O3S/c1-12(17)7-14(8-12)10(15)6-13(2)11(16)9-4-3-5-18-9/h3-5,17H,6-8H2,1-2H3. The number of carbonyl (C=O) groups excluding carboxylic acids is 2. The molecule has 6 heteroatoms. The van der Waals surface area contributed by atoms with Crippen LogP contribution in [0.4, 0.5) is 0 Å². The molecule has 1 saturated heterocycles. The van der Waals surface area contributed by atoms with Crippen molar-refractivity contribution in [3.8, 4) is 0 Å². The Balaban J connectivity index is 1.86. The molecular weight excluding hydrogens is 252 g/mol. The Hall–Kier alpha value is -1.40. The van der Waals surface area contributed by atoms with Gasteiger partial charge in [-0.2, -0.15) is 0 Å². The van der Waals surface area contributed by atoms with Gasteiger partial charge in [0.15, 0.2) is 0 Å². The average Bonchev–Trinajstić information content (AvgIpc) is 2.77. The molecule has 1 aliphatic rings. The first kappa shape index (κ1) is 13.0. The number of hydrogen-bond acceptors (Lipinski definition) is 4. The second-order valence-corrected chi connectivity index (χ2v) is 5.83. The van der Waals surface area contributed by atoms with Crippen molar-refractivity contribution in [2.24, 2.45) is 0 Å². The van der Waals surface area contributed by atoms with E-state index in [1.165, 1.54) is 16.2 Å². The van der Waals surface area contributed by atoms with Crippen molar-refractivity contribution in [1.82, 2.24) is 9.80 Å². The van der Waals surface area contributed by atoms with Gasteiger partial charge in [-0.1, -0.05) is 6.07 Å². The van der Waals surface area contributed by atoms with Crippen molar-refractivity contribution in [3.05, 3.63) is 22.4 Å². The molecule has 5 nitrogen and oxygen atoms in total. The molecule has 0 radical (unpaired) electrons. The van der Waals surface area contributed by atoms with Gasteiger partial charge in [0.2, 0.25) is 5.91 Å². The zero-order valence-electron chi connectivity index (χ0n) is 10.4. The molecule has 98 valence electrons. The molecule has 2 amide bonds. The quantitative estimate of drug-likeness (QED) is 0.864. The number of β-amino-alcohol motifs (C(OH)–C–C–N with tert-alkyl or cyclic N) is 1. The molecular formula is C12H16N2O3S. The lowest BCUT2D eigenvalue weighted by atomic mass is 9.97. The minimum atomic E-state index is -0.772. The van der Waals surface area contributed by atoms with E-state index in [0.717, 1.165) is 0 Å². The van der Waals surface area contributed by atoms with Crippen LogP contribution in [0.2, 0.25) is 0 Å². The Kier molecular flexibility index (Phi) is 3.41. The van der Waals surface area contributed by atoms with Crippen LogP contribution in [-0.2, 0) is 4.79 Å². The van der Waals surface area contributed by atoms with Gasteiger partial charge in [0, 0.05) is 7.05 Å².